The third-order valence-corrected chi connectivity index (χ3v) is 6.00. The van der Waals surface area contributed by atoms with Gasteiger partial charge < -0.3 is 9.09 Å². The van der Waals surface area contributed by atoms with Crippen LogP contribution >= 0.6 is 0 Å². The molecular weight excluding hydrogens is 340 g/mol. The predicted molar refractivity (Wildman–Crippen MR) is 101 cm³/mol. The fourth-order valence-electron chi connectivity index (χ4n) is 4.70. The lowest BCUT2D eigenvalue weighted by Gasteiger charge is -2.24. The Kier molecular flexibility index (Phi) is 3.93. The number of rotatable bonds is 3. The second-order valence-corrected chi connectivity index (χ2v) is 7.51. The third kappa shape index (κ3) is 2.72. The Hall–Kier alpha value is -2.73. The maximum absolute atomic E-state index is 12.3. The van der Waals surface area contributed by atoms with E-state index < -0.39 is 0 Å². The average Bonchev–Trinajstić information content (AvgIpc) is 3.41. The normalized spacial score (nSPS) is 25.0. The summed E-state index contributed by atoms with van der Waals surface area (Å²) in [4.78, 5) is 19.6. The summed E-state index contributed by atoms with van der Waals surface area (Å²) in [6, 6.07) is 15.1. The lowest BCUT2D eigenvalue weighted by atomic mass is 9.94. The lowest BCUT2D eigenvalue weighted by Crippen LogP contribution is -2.27. The molecule has 0 bridgehead atoms. The Morgan fingerprint density at radius 1 is 1.15 bits per heavy atom. The van der Waals surface area contributed by atoms with Gasteiger partial charge in [0.05, 0.1) is 0 Å². The van der Waals surface area contributed by atoms with Crippen molar-refractivity contribution in [3.63, 3.8) is 0 Å². The van der Waals surface area contributed by atoms with Gasteiger partial charge in [0.15, 0.2) is 5.82 Å². The van der Waals surface area contributed by atoms with Crippen molar-refractivity contribution in [1.82, 2.24) is 19.6 Å². The van der Waals surface area contributed by atoms with Crippen molar-refractivity contribution >= 4 is 0 Å². The zero-order chi connectivity index (χ0) is 18.4. The Morgan fingerprint density at radius 2 is 2.00 bits per heavy atom. The van der Waals surface area contributed by atoms with E-state index in [-0.39, 0.29) is 11.5 Å². The van der Waals surface area contributed by atoms with Gasteiger partial charge in [0.1, 0.15) is 5.56 Å². The number of hydrogen-bond donors (Lipinski definition) is 0. The Morgan fingerprint density at radius 3 is 2.85 bits per heavy atom. The summed E-state index contributed by atoms with van der Waals surface area (Å²) >= 11 is 0. The molecule has 27 heavy (non-hydrogen) atoms. The maximum Gasteiger partial charge on any atom is 0.263 e. The molecule has 0 unspecified atom stereocenters. The molecule has 0 N–H and O–H groups in total. The smallest absolute Gasteiger partial charge is 0.263 e. The molecule has 2 aliphatic heterocycles. The molecule has 0 radical (unpaired) electrons. The molecule has 6 heteroatoms. The maximum atomic E-state index is 12.3. The van der Waals surface area contributed by atoms with Crippen LogP contribution in [0.15, 0.2) is 58.0 Å². The highest BCUT2D eigenvalue weighted by atomic mass is 16.5. The Balaban J connectivity index is 1.48. The molecule has 6 nitrogen and oxygen atoms in total. The van der Waals surface area contributed by atoms with Crippen LogP contribution in [0, 0.1) is 0 Å². The fourth-order valence-corrected chi connectivity index (χ4v) is 4.70. The number of pyridine rings is 1. The van der Waals surface area contributed by atoms with Crippen LogP contribution in [0.3, 0.4) is 0 Å². The molecule has 2 fully saturated rings. The summed E-state index contributed by atoms with van der Waals surface area (Å²) in [6.45, 7) is 1.12. The number of fused-ring (bicyclic) bond motifs is 1. The first kappa shape index (κ1) is 16.4. The molecule has 3 aromatic rings. The van der Waals surface area contributed by atoms with Crippen molar-refractivity contribution in [1.29, 1.82) is 0 Å². The molecule has 0 aliphatic carbocycles. The van der Waals surface area contributed by atoms with Crippen molar-refractivity contribution < 1.29 is 4.52 Å². The van der Waals surface area contributed by atoms with Gasteiger partial charge in [0, 0.05) is 31.2 Å². The summed E-state index contributed by atoms with van der Waals surface area (Å²) in [6.07, 6.45) is 5.07. The van der Waals surface area contributed by atoms with Crippen LogP contribution in [0.5, 0.6) is 0 Å². The topological polar surface area (TPSA) is 64.2 Å². The monoisotopic (exact) mass is 362 g/mol. The number of nitrogens with zero attached hydrogens (tertiary/aromatic N) is 4. The summed E-state index contributed by atoms with van der Waals surface area (Å²) in [5.74, 6) is 1.29. The van der Waals surface area contributed by atoms with Gasteiger partial charge >= 0.3 is 0 Å². The number of aryl methyl sites for hydroxylation is 1. The zero-order valence-electron chi connectivity index (χ0n) is 15.3. The summed E-state index contributed by atoms with van der Waals surface area (Å²) in [5, 5.41) is 4.27. The van der Waals surface area contributed by atoms with E-state index in [0.717, 1.165) is 25.2 Å². The van der Waals surface area contributed by atoms with Crippen molar-refractivity contribution in [2.24, 2.45) is 7.05 Å². The molecular formula is C21H22N4O2. The summed E-state index contributed by atoms with van der Waals surface area (Å²) in [7, 11) is 1.72. The van der Waals surface area contributed by atoms with Gasteiger partial charge in [0.25, 0.3) is 11.4 Å². The highest BCUT2D eigenvalue weighted by molar-refractivity contribution is 5.50. The van der Waals surface area contributed by atoms with Crippen LogP contribution in [-0.2, 0) is 7.05 Å². The molecule has 138 valence electrons. The van der Waals surface area contributed by atoms with Crippen molar-refractivity contribution in [2.75, 3.05) is 6.54 Å². The minimum atomic E-state index is -0.122. The molecule has 3 atom stereocenters. The summed E-state index contributed by atoms with van der Waals surface area (Å²) < 4.78 is 7.02. The Bertz CT molecular complexity index is 1010. The standard InChI is InChI=1S/C21H22N4O2/c1-24-11-5-9-15(21(24)26)20-22-19(23-27-20)16-13-18(14-7-3-2-4-8-14)25-12-6-10-17(16)25/h2-5,7-9,11,16-18H,6,10,12-13H2,1H3/t16-,17+,18-/m0/s1. The largest absolute Gasteiger partial charge is 0.334 e. The van der Waals surface area contributed by atoms with Gasteiger partial charge in [0.2, 0.25) is 0 Å². The van der Waals surface area contributed by atoms with Crippen LogP contribution in [0.4, 0.5) is 0 Å². The molecule has 2 aliphatic rings. The SMILES string of the molecule is Cn1cccc(-c2nc([C@H]3C[C@@H](c4ccccc4)N4CCC[C@H]34)no2)c1=O. The molecule has 1 aromatic carbocycles. The molecule has 0 spiro atoms. The van der Waals surface area contributed by atoms with Crippen molar-refractivity contribution in [3.8, 4) is 11.5 Å². The number of benzene rings is 1. The quantitative estimate of drug-likeness (QED) is 0.716. The van der Waals surface area contributed by atoms with Gasteiger partial charge in [-0.1, -0.05) is 35.5 Å². The van der Waals surface area contributed by atoms with Crippen LogP contribution in [-0.4, -0.2) is 32.2 Å². The highest BCUT2D eigenvalue weighted by Crippen LogP contribution is 2.48. The second-order valence-electron chi connectivity index (χ2n) is 7.51. The first-order valence-electron chi connectivity index (χ1n) is 9.52. The molecule has 0 amide bonds. The third-order valence-electron chi connectivity index (χ3n) is 6.00. The van der Waals surface area contributed by atoms with E-state index in [0.29, 0.717) is 23.5 Å². The minimum absolute atomic E-state index is 0.122. The zero-order valence-corrected chi connectivity index (χ0v) is 15.3. The Labute approximate surface area is 157 Å². The van der Waals surface area contributed by atoms with E-state index in [1.807, 2.05) is 6.07 Å². The van der Waals surface area contributed by atoms with Crippen molar-refractivity contribution in [2.45, 2.75) is 37.3 Å². The highest BCUT2D eigenvalue weighted by Gasteiger charge is 2.46. The van der Waals surface area contributed by atoms with Gasteiger partial charge in [-0.25, -0.2) is 0 Å². The fraction of sp³-hybridized carbons (Fsp3) is 0.381. The minimum Gasteiger partial charge on any atom is -0.334 e. The van der Waals surface area contributed by atoms with Gasteiger partial charge in [-0.15, -0.1) is 0 Å². The molecule has 5 rings (SSSR count). The predicted octanol–water partition coefficient (Wildman–Crippen LogP) is 3.13. The number of aromatic nitrogens is 3. The van der Waals surface area contributed by atoms with E-state index >= 15 is 0 Å². The van der Waals surface area contributed by atoms with E-state index in [1.54, 1.807) is 19.3 Å². The molecule has 4 heterocycles. The first-order chi connectivity index (χ1) is 13.2. The van der Waals surface area contributed by atoms with Crippen LogP contribution < -0.4 is 5.56 Å². The molecule has 2 aromatic heterocycles. The van der Waals surface area contributed by atoms with Gasteiger partial charge in [-0.2, -0.15) is 4.98 Å². The van der Waals surface area contributed by atoms with E-state index in [4.69, 9.17) is 4.52 Å². The van der Waals surface area contributed by atoms with Crippen LogP contribution in [0.2, 0.25) is 0 Å². The van der Waals surface area contributed by atoms with Crippen LogP contribution in [0.1, 0.15) is 42.6 Å². The van der Waals surface area contributed by atoms with E-state index in [1.165, 1.54) is 16.6 Å². The average molecular weight is 362 g/mol. The second kappa shape index (κ2) is 6.46. The van der Waals surface area contributed by atoms with Gasteiger partial charge in [-0.3, -0.25) is 9.69 Å². The van der Waals surface area contributed by atoms with Crippen LogP contribution in [0.25, 0.3) is 11.5 Å². The van der Waals surface area contributed by atoms with Crippen molar-refractivity contribution in [3.05, 3.63) is 70.4 Å². The lowest BCUT2D eigenvalue weighted by molar-refractivity contribution is 0.243. The van der Waals surface area contributed by atoms with E-state index in [9.17, 15) is 4.79 Å². The number of hydrogen-bond acceptors (Lipinski definition) is 5. The van der Waals surface area contributed by atoms with Gasteiger partial charge in [-0.05, 0) is 43.5 Å². The summed E-state index contributed by atoms with van der Waals surface area (Å²) in [5.41, 5.74) is 1.69. The molecule has 0 saturated carbocycles. The first-order valence-corrected chi connectivity index (χ1v) is 9.52. The van der Waals surface area contributed by atoms with E-state index in [2.05, 4.69) is 45.4 Å². The molecule has 2 saturated heterocycles.